The molecule has 7 heteroatoms. The second-order valence-corrected chi connectivity index (χ2v) is 4.84. The number of methoxy groups -OCH3 is 1. The molecule has 21 heavy (non-hydrogen) atoms. The van der Waals surface area contributed by atoms with E-state index in [1.54, 1.807) is 35.1 Å². The van der Waals surface area contributed by atoms with Crippen molar-refractivity contribution in [1.82, 2.24) is 14.8 Å². The first-order chi connectivity index (χ1) is 10.1. The fourth-order valence-electron chi connectivity index (χ4n) is 2.28. The van der Waals surface area contributed by atoms with Crippen LogP contribution in [0.5, 0.6) is 5.88 Å². The lowest BCUT2D eigenvalue weighted by Gasteiger charge is -2.22. The molecule has 114 valence electrons. The number of urea groups is 1. The molecular weight excluding hydrogens is 272 g/mol. The van der Waals surface area contributed by atoms with Crippen LogP contribution in [0.2, 0.25) is 0 Å². The van der Waals surface area contributed by atoms with Gasteiger partial charge in [-0.2, -0.15) is 0 Å². The Morgan fingerprint density at radius 2 is 1.95 bits per heavy atom. The lowest BCUT2D eigenvalue weighted by molar-refractivity contribution is -0.128. The molecule has 7 nitrogen and oxygen atoms in total. The Morgan fingerprint density at radius 3 is 2.67 bits per heavy atom. The van der Waals surface area contributed by atoms with Gasteiger partial charge < -0.3 is 19.9 Å². The number of rotatable bonds is 2. The maximum Gasteiger partial charge on any atom is 0.322 e. The summed E-state index contributed by atoms with van der Waals surface area (Å²) in [5.41, 5.74) is 0.540. The van der Waals surface area contributed by atoms with Crippen molar-refractivity contribution >= 4 is 17.6 Å². The summed E-state index contributed by atoms with van der Waals surface area (Å²) in [6.45, 7) is 3.95. The minimum absolute atomic E-state index is 0.0474. The molecule has 1 aliphatic heterocycles. The number of nitrogens with one attached hydrogen (secondary N) is 1. The monoisotopic (exact) mass is 292 g/mol. The summed E-state index contributed by atoms with van der Waals surface area (Å²) in [5, 5.41) is 2.80. The van der Waals surface area contributed by atoms with E-state index in [0.29, 0.717) is 37.7 Å². The minimum atomic E-state index is -0.202. The van der Waals surface area contributed by atoms with Crippen LogP contribution >= 0.6 is 0 Å². The van der Waals surface area contributed by atoms with E-state index >= 15 is 0 Å². The zero-order valence-electron chi connectivity index (χ0n) is 12.3. The van der Waals surface area contributed by atoms with Crippen LogP contribution in [0.25, 0.3) is 0 Å². The number of ether oxygens (including phenoxy) is 1. The van der Waals surface area contributed by atoms with Gasteiger partial charge >= 0.3 is 6.03 Å². The van der Waals surface area contributed by atoms with Gasteiger partial charge in [-0.3, -0.25) is 4.79 Å². The topological polar surface area (TPSA) is 74.8 Å². The molecule has 1 saturated heterocycles. The molecule has 1 aromatic rings. The van der Waals surface area contributed by atoms with Crippen LogP contribution in [-0.4, -0.2) is 60.0 Å². The van der Waals surface area contributed by atoms with Crippen LogP contribution in [0.4, 0.5) is 10.5 Å². The Labute approximate surface area is 123 Å². The molecule has 0 aromatic carbocycles. The van der Waals surface area contributed by atoms with E-state index in [-0.39, 0.29) is 11.9 Å². The van der Waals surface area contributed by atoms with E-state index in [1.807, 2.05) is 0 Å². The van der Waals surface area contributed by atoms with Crippen molar-refractivity contribution in [2.75, 3.05) is 38.6 Å². The van der Waals surface area contributed by atoms with Gasteiger partial charge in [0.15, 0.2) is 0 Å². The Kier molecular flexibility index (Phi) is 4.97. The summed E-state index contributed by atoms with van der Waals surface area (Å²) in [5.74, 6) is 0.428. The van der Waals surface area contributed by atoms with E-state index in [1.165, 1.54) is 7.11 Å². The third kappa shape index (κ3) is 3.84. The van der Waals surface area contributed by atoms with Crippen molar-refractivity contribution in [3.05, 3.63) is 18.3 Å². The fraction of sp³-hybridized carbons (Fsp3) is 0.500. The molecule has 0 aliphatic carbocycles. The number of carbonyl (C=O) groups is 2. The molecule has 0 unspecified atom stereocenters. The normalized spacial score (nSPS) is 15.3. The second-order valence-electron chi connectivity index (χ2n) is 4.84. The molecule has 0 radical (unpaired) electrons. The Morgan fingerprint density at radius 1 is 1.24 bits per heavy atom. The van der Waals surface area contributed by atoms with Crippen LogP contribution in [0.15, 0.2) is 18.3 Å². The number of anilines is 1. The Hall–Kier alpha value is -2.31. The average molecular weight is 292 g/mol. The van der Waals surface area contributed by atoms with Gasteiger partial charge in [-0.15, -0.1) is 0 Å². The molecule has 2 heterocycles. The second kappa shape index (κ2) is 6.92. The largest absolute Gasteiger partial charge is 0.480 e. The maximum atomic E-state index is 12.3. The van der Waals surface area contributed by atoms with E-state index in [0.717, 1.165) is 6.42 Å². The Bertz CT molecular complexity index is 521. The standard InChI is InChI=1S/C14H20N4O3/c1-11(19)17-7-4-8-18(10-9-17)14(20)16-12-5-3-6-15-13(12)21-2/h3,5-6H,4,7-10H2,1-2H3,(H,16,20). The van der Waals surface area contributed by atoms with Gasteiger partial charge in [0.1, 0.15) is 5.69 Å². The van der Waals surface area contributed by atoms with Crippen LogP contribution in [0, 0.1) is 0 Å². The van der Waals surface area contributed by atoms with Gasteiger partial charge in [0.25, 0.3) is 0 Å². The number of hydrogen-bond acceptors (Lipinski definition) is 4. The Balaban J connectivity index is 1.98. The van der Waals surface area contributed by atoms with Crippen molar-refractivity contribution < 1.29 is 14.3 Å². The SMILES string of the molecule is COc1ncccc1NC(=O)N1CCCN(C(C)=O)CC1. The average Bonchev–Trinajstić information content (AvgIpc) is 2.73. The molecule has 3 amide bonds. The molecule has 0 bridgehead atoms. The highest BCUT2D eigenvalue weighted by molar-refractivity contribution is 5.90. The zero-order chi connectivity index (χ0) is 15.2. The molecule has 1 fully saturated rings. The van der Waals surface area contributed by atoms with Crippen LogP contribution in [0.1, 0.15) is 13.3 Å². The quantitative estimate of drug-likeness (QED) is 0.888. The number of aromatic nitrogens is 1. The summed E-state index contributed by atoms with van der Waals surface area (Å²) < 4.78 is 5.11. The van der Waals surface area contributed by atoms with E-state index in [4.69, 9.17) is 4.74 Å². The van der Waals surface area contributed by atoms with Gasteiger partial charge in [-0.25, -0.2) is 9.78 Å². The minimum Gasteiger partial charge on any atom is -0.480 e. The summed E-state index contributed by atoms with van der Waals surface area (Å²) in [6, 6.07) is 3.27. The maximum absolute atomic E-state index is 12.3. The highest BCUT2D eigenvalue weighted by Gasteiger charge is 2.21. The van der Waals surface area contributed by atoms with Crippen molar-refractivity contribution in [2.24, 2.45) is 0 Å². The van der Waals surface area contributed by atoms with Crippen LogP contribution in [0.3, 0.4) is 0 Å². The third-order valence-electron chi connectivity index (χ3n) is 3.43. The number of hydrogen-bond donors (Lipinski definition) is 1. The summed E-state index contributed by atoms with van der Waals surface area (Å²) >= 11 is 0. The molecule has 1 aliphatic rings. The number of carbonyl (C=O) groups excluding carboxylic acids is 2. The van der Waals surface area contributed by atoms with Crippen LogP contribution in [-0.2, 0) is 4.79 Å². The summed E-state index contributed by atoms with van der Waals surface area (Å²) in [4.78, 5) is 31.2. The van der Waals surface area contributed by atoms with E-state index in [9.17, 15) is 9.59 Å². The highest BCUT2D eigenvalue weighted by Crippen LogP contribution is 2.20. The zero-order valence-corrected chi connectivity index (χ0v) is 12.3. The lowest BCUT2D eigenvalue weighted by Crippen LogP contribution is -2.38. The fourth-order valence-corrected chi connectivity index (χ4v) is 2.28. The number of nitrogens with zero attached hydrogens (tertiary/aromatic N) is 3. The molecule has 0 spiro atoms. The summed E-state index contributed by atoms with van der Waals surface area (Å²) in [6.07, 6.45) is 2.38. The lowest BCUT2D eigenvalue weighted by atomic mass is 10.4. The van der Waals surface area contributed by atoms with Crippen LogP contribution < -0.4 is 10.1 Å². The smallest absolute Gasteiger partial charge is 0.322 e. The predicted molar refractivity (Wildman–Crippen MR) is 78.3 cm³/mol. The van der Waals surface area contributed by atoms with Gasteiger partial charge in [-0.1, -0.05) is 0 Å². The molecule has 0 saturated carbocycles. The van der Waals surface area contributed by atoms with Crippen molar-refractivity contribution in [3.63, 3.8) is 0 Å². The van der Waals surface area contributed by atoms with Gasteiger partial charge in [0.2, 0.25) is 11.8 Å². The first kappa shape index (κ1) is 15.1. The van der Waals surface area contributed by atoms with E-state index in [2.05, 4.69) is 10.3 Å². The third-order valence-corrected chi connectivity index (χ3v) is 3.43. The molecule has 1 aromatic heterocycles. The van der Waals surface area contributed by atoms with Gasteiger partial charge in [-0.05, 0) is 18.6 Å². The van der Waals surface area contributed by atoms with E-state index < -0.39 is 0 Å². The summed E-state index contributed by atoms with van der Waals surface area (Å²) in [7, 11) is 1.51. The molecular formula is C14H20N4O3. The van der Waals surface area contributed by atoms with Gasteiger partial charge in [0.05, 0.1) is 7.11 Å². The van der Waals surface area contributed by atoms with Crippen molar-refractivity contribution in [1.29, 1.82) is 0 Å². The molecule has 0 atom stereocenters. The first-order valence-corrected chi connectivity index (χ1v) is 6.92. The predicted octanol–water partition coefficient (Wildman–Crippen LogP) is 1.18. The molecule has 1 N–H and O–H groups in total. The first-order valence-electron chi connectivity index (χ1n) is 6.92. The van der Waals surface area contributed by atoms with Gasteiger partial charge in [0, 0.05) is 39.3 Å². The number of pyridine rings is 1. The van der Waals surface area contributed by atoms with Crippen molar-refractivity contribution in [3.8, 4) is 5.88 Å². The molecule has 2 rings (SSSR count). The number of amides is 3. The van der Waals surface area contributed by atoms with Crippen molar-refractivity contribution in [2.45, 2.75) is 13.3 Å². The highest BCUT2D eigenvalue weighted by atomic mass is 16.5.